The van der Waals surface area contributed by atoms with Gasteiger partial charge >= 0.3 is 0 Å². The second-order valence-corrected chi connectivity index (χ2v) is 7.97. The van der Waals surface area contributed by atoms with E-state index in [-0.39, 0.29) is 5.37 Å². The second kappa shape index (κ2) is 9.48. The lowest BCUT2D eigenvalue weighted by atomic mass is 10.1. The van der Waals surface area contributed by atoms with Crippen LogP contribution in [0.15, 0.2) is 59.8 Å². The van der Waals surface area contributed by atoms with Crippen LogP contribution >= 0.6 is 11.8 Å². The summed E-state index contributed by atoms with van der Waals surface area (Å²) in [6.07, 6.45) is 1.57. The Morgan fingerprint density at radius 3 is 2.90 bits per heavy atom. The number of carbonyl (C=O) groups excluding carboxylic acids is 1. The van der Waals surface area contributed by atoms with E-state index in [9.17, 15) is 10.1 Å². The quantitative estimate of drug-likeness (QED) is 0.365. The van der Waals surface area contributed by atoms with Gasteiger partial charge in [0.25, 0.3) is 0 Å². The number of aromatic amines is 1. The van der Waals surface area contributed by atoms with Crippen LogP contribution < -0.4 is 10.6 Å². The molecule has 1 amide bonds. The predicted molar refractivity (Wildman–Crippen MR) is 118 cm³/mol. The normalized spacial score (nSPS) is 15.8. The first-order valence-corrected chi connectivity index (χ1v) is 10.7. The predicted octanol–water partition coefficient (Wildman–Crippen LogP) is 3.03. The highest BCUT2D eigenvalue weighted by atomic mass is 32.2. The average molecular weight is 419 g/mol. The zero-order chi connectivity index (χ0) is 20.8. The molecule has 2 heterocycles. The van der Waals surface area contributed by atoms with Gasteiger partial charge in [0.15, 0.2) is 0 Å². The molecule has 1 aliphatic heterocycles. The molecule has 2 aromatic carbocycles. The van der Waals surface area contributed by atoms with Gasteiger partial charge in [-0.1, -0.05) is 30.3 Å². The third-order valence-electron chi connectivity index (χ3n) is 4.98. The molecular formula is C22H22N6OS. The van der Waals surface area contributed by atoms with E-state index < -0.39 is 0 Å². The van der Waals surface area contributed by atoms with Gasteiger partial charge in [0, 0.05) is 12.0 Å². The number of thioether (sulfide) groups is 1. The number of benzene rings is 2. The van der Waals surface area contributed by atoms with Crippen LogP contribution in [0.1, 0.15) is 23.4 Å². The first-order chi connectivity index (χ1) is 14.8. The van der Waals surface area contributed by atoms with Gasteiger partial charge in [0.2, 0.25) is 6.41 Å². The largest absolute Gasteiger partial charge is 0.341 e. The van der Waals surface area contributed by atoms with Gasteiger partial charge in [0.1, 0.15) is 11.6 Å². The summed E-state index contributed by atoms with van der Waals surface area (Å²) in [5.41, 5.74) is 3.61. The van der Waals surface area contributed by atoms with Crippen molar-refractivity contribution in [3.63, 3.8) is 0 Å². The minimum atomic E-state index is 0.169. The number of hydrogen-bond acceptors (Lipinski definition) is 6. The molecule has 7 nitrogen and oxygen atoms in total. The number of aromatic nitrogens is 2. The number of rotatable bonds is 9. The highest BCUT2D eigenvalue weighted by Gasteiger charge is 2.27. The van der Waals surface area contributed by atoms with Gasteiger partial charge < -0.3 is 20.5 Å². The molecule has 8 heteroatoms. The first-order valence-electron chi connectivity index (χ1n) is 9.73. The summed E-state index contributed by atoms with van der Waals surface area (Å²) in [6, 6.07) is 17.8. The monoisotopic (exact) mass is 418 g/mol. The summed E-state index contributed by atoms with van der Waals surface area (Å²) < 4.78 is 0. The van der Waals surface area contributed by atoms with E-state index in [1.165, 1.54) is 0 Å². The molecule has 1 unspecified atom stereocenters. The molecule has 0 saturated heterocycles. The maximum atomic E-state index is 11.0. The van der Waals surface area contributed by atoms with Crippen molar-refractivity contribution in [3.05, 3.63) is 76.7 Å². The van der Waals surface area contributed by atoms with Crippen molar-refractivity contribution in [2.75, 3.05) is 6.54 Å². The highest BCUT2D eigenvalue weighted by molar-refractivity contribution is 8.02. The number of nitrogens with zero attached hydrogens (tertiary/aromatic N) is 3. The zero-order valence-corrected chi connectivity index (χ0v) is 17.2. The molecule has 3 aromatic rings. The first kappa shape index (κ1) is 20.0. The Labute approximate surface area is 179 Å². The molecule has 0 fully saturated rings. The Hall–Kier alpha value is -3.28. The van der Waals surface area contributed by atoms with Gasteiger partial charge in [-0.25, -0.2) is 4.98 Å². The van der Waals surface area contributed by atoms with Crippen molar-refractivity contribution in [3.8, 4) is 6.07 Å². The third-order valence-corrected chi connectivity index (χ3v) is 6.14. The van der Waals surface area contributed by atoms with E-state index in [1.807, 2.05) is 53.9 Å². The van der Waals surface area contributed by atoms with Crippen LogP contribution in [-0.2, 0) is 17.9 Å². The Balaban J connectivity index is 1.36. The van der Waals surface area contributed by atoms with Crippen LogP contribution in [0, 0.1) is 11.3 Å². The average Bonchev–Trinajstić information content (AvgIpc) is 3.36. The minimum absolute atomic E-state index is 0.169. The fraction of sp³-hybridized carbons (Fsp3) is 0.227. The maximum absolute atomic E-state index is 11.0. The summed E-state index contributed by atoms with van der Waals surface area (Å²) in [4.78, 5) is 21.1. The number of carbonyl (C=O) groups is 1. The molecule has 0 spiro atoms. The second-order valence-electron chi connectivity index (χ2n) is 6.92. The van der Waals surface area contributed by atoms with E-state index in [0.717, 1.165) is 41.2 Å². The molecule has 1 aliphatic rings. The number of imidazole rings is 1. The standard InChI is InChI=1S/C22H22N6OS/c23-11-16-5-1-2-6-17(16)13-28-21(25-15-29)14-30-22(28)9-10-24-12-20-26-18-7-3-4-8-19(18)27-20/h1-8,14-15,22,24H,9-10,12-13H2,(H,25,29)(H,26,27). The topological polar surface area (TPSA) is 96.8 Å². The van der Waals surface area contributed by atoms with Crippen LogP contribution in [-0.4, -0.2) is 33.2 Å². The van der Waals surface area contributed by atoms with Crippen molar-refractivity contribution in [2.24, 2.45) is 0 Å². The summed E-state index contributed by atoms with van der Waals surface area (Å²) in [5, 5.41) is 17.7. The smallest absolute Gasteiger partial charge is 0.212 e. The number of nitriles is 1. The fourth-order valence-electron chi connectivity index (χ4n) is 3.50. The van der Waals surface area contributed by atoms with Crippen molar-refractivity contribution < 1.29 is 4.79 Å². The van der Waals surface area contributed by atoms with Crippen molar-refractivity contribution in [1.82, 2.24) is 25.5 Å². The molecule has 0 bridgehead atoms. The SMILES string of the molecule is N#Cc1ccccc1CN1C(NC=O)=CSC1CCNCc1nc2ccccc2[nH]1. The summed E-state index contributed by atoms with van der Waals surface area (Å²) in [6.45, 7) is 2.03. The van der Waals surface area contributed by atoms with Gasteiger partial charge in [-0.15, -0.1) is 11.8 Å². The molecule has 3 N–H and O–H groups in total. The molecule has 30 heavy (non-hydrogen) atoms. The van der Waals surface area contributed by atoms with Gasteiger partial charge in [0.05, 0.1) is 34.6 Å². The Morgan fingerprint density at radius 2 is 2.07 bits per heavy atom. The van der Waals surface area contributed by atoms with Crippen LogP contribution in [0.2, 0.25) is 0 Å². The third kappa shape index (κ3) is 4.48. The molecule has 1 atom stereocenters. The van der Waals surface area contributed by atoms with Gasteiger partial charge in [-0.05, 0) is 36.7 Å². The van der Waals surface area contributed by atoms with Crippen molar-refractivity contribution in [1.29, 1.82) is 5.26 Å². The van der Waals surface area contributed by atoms with Crippen LogP contribution in [0.5, 0.6) is 0 Å². The number of nitrogens with one attached hydrogen (secondary N) is 3. The molecule has 0 aliphatic carbocycles. The van der Waals surface area contributed by atoms with Gasteiger partial charge in [-0.3, -0.25) is 4.79 Å². The molecule has 1 aromatic heterocycles. The van der Waals surface area contributed by atoms with Crippen molar-refractivity contribution in [2.45, 2.75) is 24.9 Å². The van der Waals surface area contributed by atoms with Crippen LogP contribution in [0.4, 0.5) is 0 Å². The van der Waals surface area contributed by atoms with E-state index in [1.54, 1.807) is 11.8 Å². The number of amides is 1. The van der Waals surface area contributed by atoms with E-state index in [2.05, 4.69) is 31.6 Å². The molecular weight excluding hydrogens is 396 g/mol. The van der Waals surface area contributed by atoms with E-state index in [0.29, 0.717) is 25.1 Å². The summed E-state index contributed by atoms with van der Waals surface area (Å²) in [5.74, 6) is 1.68. The van der Waals surface area contributed by atoms with Crippen molar-refractivity contribution >= 4 is 29.2 Å². The minimum Gasteiger partial charge on any atom is -0.341 e. The Bertz CT molecular complexity index is 1070. The lowest BCUT2D eigenvalue weighted by molar-refractivity contribution is -0.109. The lowest BCUT2D eigenvalue weighted by Crippen LogP contribution is -2.35. The number of para-hydroxylation sites is 2. The number of hydrogen-bond donors (Lipinski definition) is 3. The van der Waals surface area contributed by atoms with Crippen LogP contribution in [0.25, 0.3) is 11.0 Å². The highest BCUT2D eigenvalue weighted by Crippen LogP contribution is 2.33. The Kier molecular flexibility index (Phi) is 6.32. The molecule has 4 rings (SSSR count). The Morgan fingerprint density at radius 1 is 1.23 bits per heavy atom. The summed E-state index contributed by atoms with van der Waals surface area (Å²) in [7, 11) is 0. The maximum Gasteiger partial charge on any atom is 0.212 e. The van der Waals surface area contributed by atoms with E-state index >= 15 is 0 Å². The van der Waals surface area contributed by atoms with E-state index in [4.69, 9.17) is 0 Å². The zero-order valence-electron chi connectivity index (χ0n) is 16.3. The number of H-pyrrole nitrogens is 1. The summed E-state index contributed by atoms with van der Waals surface area (Å²) >= 11 is 1.68. The molecule has 152 valence electrons. The molecule has 0 saturated carbocycles. The molecule has 0 radical (unpaired) electrons. The fourth-order valence-corrected chi connectivity index (χ4v) is 4.58. The lowest BCUT2D eigenvalue weighted by Gasteiger charge is -2.29. The number of fused-ring (bicyclic) bond motifs is 1. The van der Waals surface area contributed by atoms with Crippen LogP contribution in [0.3, 0.4) is 0 Å². The van der Waals surface area contributed by atoms with Gasteiger partial charge in [-0.2, -0.15) is 5.26 Å².